The van der Waals surface area contributed by atoms with Gasteiger partial charge in [-0.1, -0.05) is 12.1 Å². The molecule has 1 saturated heterocycles. The third kappa shape index (κ3) is 2.42. The summed E-state index contributed by atoms with van der Waals surface area (Å²) in [5.74, 6) is -0.194. The lowest BCUT2D eigenvalue weighted by atomic mass is 10.1. The summed E-state index contributed by atoms with van der Waals surface area (Å²) in [6, 6.07) is 6.70. The number of ether oxygens (including phenoxy) is 1. The molecule has 0 aromatic heterocycles. The number of hydrogen-bond donors (Lipinski definition) is 0. The lowest BCUT2D eigenvalue weighted by molar-refractivity contribution is -0.132. The van der Waals surface area contributed by atoms with E-state index in [1.54, 1.807) is 24.3 Å². The van der Waals surface area contributed by atoms with Crippen LogP contribution < -0.4 is 4.74 Å². The zero-order valence-corrected chi connectivity index (χ0v) is 12.9. The molecular formula is C14H17NO5S. The molecule has 1 heterocycles. The Morgan fingerprint density at radius 3 is 2.48 bits per heavy atom. The number of hydrogen-bond acceptors (Lipinski definition) is 5. The summed E-state index contributed by atoms with van der Waals surface area (Å²) in [7, 11) is -3.59. The van der Waals surface area contributed by atoms with E-state index in [9.17, 15) is 18.0 Å². The molecule has 2 rings (SSSR count). The maximum Gasteiger partial charge on any atom is 0.259 e. The molecular weight excluding hydrogens is 294 g/mol. The van der Waals surface area contributed by atoms with Crippen LogP contribution in [0, 0.1) is 0 Å². The van der Waals surface area contributed by atoms with Crippen LogP contribution in [-0.4, -0.2) is 42.3 Å². The van der Waals surface area contributed by atoms with Crippen molar-refractivity contribution in [3.05, 3.63) is 29.8 Å². The molecule has 1 aromatic carbocycles. The monoisotopic (exact) mass is 311 g/mol. The summed E-state index contributed by atoms with van der Waals surface area (Å²) >= 11 is 0. The molecule has 1 aromatic rings. The van der Waals surface area contributed by atoms with Gasteiger partial charge in [0, 0.05) is 0 Å². The highest BCUT2D eigenvalue weighted by atomic mass is 32.2. The molecule has 1 fully saturated rings. The summed E-state index contributed by atoms with van der Waals surface area (Å²) in [6.45, 7) is 4.14. The quantitative estimate of drug-likeness (QED) is 0.764. The van der Waals surface area contributed by atoms with Crippen LogP contribution in [0.1, 0.15) is 31.1 Å². The Morgan fingerprint density at radius 2 is 1.90 bits per heavy atom. The number of benzene rings is 1. The minimum Gasteiger partial charge on any atom is -0.491 e. The van der Waals surface area contributed by atoms with Crippen molar-refractivity contribution < 1.29 is 22.7 Å². The van der Waals surface area contributed by atoms with Gasteiger partial charge in [0.1, 0.15) is 12.4 Å². The van der Waals surface area contributed by atoms with Gasteiger partial charge in [0.15, 0.2) is 10.5 Å². The van der Waals surface area contributed by atoms with Crippen molar-refractivity contribution in [1.82, 2.24) is 4.31 Å². The van der Waals surface area contributed by atoms with Crippen LogP contribution in [0.3, 0.4) is 0 Å². The van der Waals surface area contributed by atoms with Crippen LogP contribution in [-0.2, 0) is 14.8 Å². The Balaban J connectivity index is 2.01. The average Bonchev–Trinajstić information content (AvgIpc) is 2.42. The van der Waals surface area contributed by atoms with E-state index in [0.717, 1.165) is 4.31 Å². The van der Waals surface area contributed by atoms with Crippen molar-refractivity contribution in [2.75, 3.05) is 13.2 Å². The van der Waals surface area contributed by atoms with Crippen LogP contribution in [0.5, 0.6) is 5.75 Å². The van der Waals surface area contributed by atoms with Gasteiger partial charge in [-0.15, -0.1) is 0 Å². The van der Waals surface area contributed by atoms with Gasteiger partial charge in [0.25, 0.3) is 15.9 Å². The Morgan fingerprint density at radius 1 is 1.29 bits per heavy atom. The van der Waals surface area contributed by atoms with Crippen molar-refractivity contribution >= 4 is 21.7 Å². The molecule has 0 saturated carbocycles. The fourth-order valence-corrected chi connectivity index (χ4v) is 3.61. The number of para-hydroxylation sites is 1. The maximum absolute atomic E-state index is 11.9. The van der Waals surface area contributed by atoms with Gasteiger partial charge in [-0.05, 0) is 32.9 Å². The molecule has 0 aliphatic carbocycles. The van der Waals surface area contributed by atoms with Crippen molar-refractivity contribution in [1.29, 1.82) is 0 Å². The Labute approximate surface area is 123 Å². The largest absolute Gasteiger partial charge is 0.491 e. The second kappa shape index (κ2) is 5.14. The number of rotatable bonds is 5. The summed E-state index contributed by atoms with van der Waals surface area (Å²) in [5.41, 5.74) is 0.427. The number of amides is 1. The molecule has 0 spiro atoms. The molecule has 0 radical (unpaired) electrons. The van der Waals surface area contributed by atoms with E-state index in [1.807, 2.05) is 0 Å². The number of ketones is 1. The fraction of sp³-hybridized carbons (Fsp3) is 0.429. The zero-order chi connectivity index (χ0) is 15.8. The Kier molecular flexibility index (Phi) is 3.79. The van der Waals surface area contributed by atoms with Crippen LogP contribution >= 0.6 is 0 Å². The molecule has 0 bridgehead atoms. The molecule has 0 atom stereocenters. The molecule has 0 N–H and O–H groups in total. The topological polar surface area (TPSA) is 80.8 Å². The van der Waals surface area contributed by atoms with Crippen molar-refractivity contribution in [3.63, 3.8) is 0 Å². The number of nitrogens with zero attached hydrogens (tertiary/aromatic N) is 1. The van der Waals surface area contributed by atoms with Gasteiger partial charge in [-0.3, -0.25) is 9.59 Å². The summed E-state index contributed by atoms with van der Waals surface area (Å²) in [6.07, 6.45) is 0. The van der Waals surface area contributed by atoms with E-state index >= 15 is 0 Å². The third-order valence-electron chi connectivity index (χ3n) is 3.49. The summed E-state index contributed by atoms with van der Waals surface area (Å²) in [5, 5.41) is 0. The zero-order valence-electron chi connectivity index (χ0n) is 12.1. The standard InChI is InChI=1S/C14H17NO5S/c1-10(16)11-6-4-5-7-12(11)20-9-8-15-13(17)14(2,3)21(15,18)19/h4-7H,8-9H2,1-3H3. The molecule has 7 heteroatoms. The van der Waals surface area contributed by atoms with E-state index in [4.69, 9.17) is 4.74 Å². The van der Waals surface area contributed by atoms with Gasteiger partial charge >= 0.3 is 0 Å². The maximum atomic E-state index is 11.9. The minimum absolute atomic E-state index is 0.00530. The van der Waals surface area contributed by atoms with Crippen LogP contribution in [0.15, 0.2) is 24.3 Å². The predicted octanol–water partition coefficient (Wildman–Crippen LogP) is 1.22. The number of Topliss-reactive ketones (excluding diaryl/α,β-unsaturated/α-hetero) is 1. The second-order valence-corrected chi connectivity index (χ2v) is 7.70. The van der Waals surface area contributed by atoms with E-state index in [0.29, 0.717) is 11.3 Å². The van der Waals surface area contributed by atoms with Gasteiger partial charge in [-0.25, -0.2) is 12.7 Å². The molecule has 1 aliphatic rings. The molecule has 1 amide bonds. The van der Waals surface area contributed by atoms with Gasteiger partial charge in [0.2, 0.25) is 0 Å². The minimum atomic E-state index is -3.59. The highest BCUT2D eigenvalue weighted by molar-refractivity contribution is 7.94. The fourth-order valence-electron chi connectivity index (χ4n) is 2.10. The Hall–Kier alpha value is -1.89. The van der Waals surface area contributed by atoms with E-state index in [1.165, 1.54) is 20.8 Å². The van der Waals surface area contributed by atoms with Gasteiger partial charge in [-0.2, -0.15) is 0 Å². The third-order valence-corrected chi connectivity index (χ3v) is 5.89. The molecule has 6 nitrogen and oxygen atoms in total. The highest BCUT2D eigenvalue weighted by Crippen LogP contribution is 2.34. The van der Waals surface area contributed by atoms with Crippen LogP contribution in [0.4, 0.5) is 0 Å². The summed E-state index contributed by atoms with van der Waals surface area (Å²) in [4.78, 5) is 23.2. The van der Waals surface area contributed by atoms with E-state index in [2.05, 4.69) is 0 Å². The highest BCUT2D eigenvalue weighted by Gasteiger charge is 2.59. The number of carbonyl (C=O) groups is 2. The first-order chi connectivity index (χ1) is 9.69. The molecule has 1 aliphatic heterocycles. The van der Waals surface area contributed by atoms with Crippen LogP contribution in [0.2, 0.25) is 0 Å². The molecule has 114 valence electrons. The van der Waals surface area contributed by atoms with Gasteiger partial charge < -0.3 is 4.74 Å². The number of sulfonamides is 1. The lowest BCUT2D eigenvalue weighted by Crippen LogP contribution is -2.67. The smallest absolute Gasteiger partial charge is 0.259 e. The first-order valence-corrected chi connectivity index (χ1v) is 7.93. The lowest BCUT2D eigenvalue weighted by Gasteiger charge is -2.42. The first-order valence-electron chi connectivity index (χ1n) is 6.49. The van der Waals surface area contributed by atoms with Gasteiger partial charge in [0.05, 0.1) is 12.1 Å². The Bertz CT molecular complexity index is 693. The molecule has 0 unspecified atom stereocenters. The van der Waals surface area contributed by atoms with E-state index in [-0.39, 0.29) is 18.9 Å². The average molecular weight is 311 g/mol. The normalized spacial score (nSPS) is 19.0. The van der Waals surface area contributed by atoms with Crippen molar-refractivity contribution in [2.45, 2.75) is 25.5 Å². The van der Waals surface area contributed by atoms with Crippen molar-refractivity contribution in [3.8, 4) is 5.75 Å². The van der Waals surface area contributed by atoms with Crippen LogP contribution in [0.25, 0.3) is 0 Å². The summed E-state index contributed by atoms with van der Waals surface area (Å²) < 4.78 is 28.7. The van der Waals surface area contributed by atoms with Crippen molar-refractivity contribution in [2.24, 2.45) is 0 Å². The first kappa shape index (κ1) is 15.5. The predicted molar refractivity (Wildman–Crippen MR) is 76.7 cm³/mol. The second-order valence-electron chi connectivity index (χ2n) is 5.29. The number of carbonyl (C=O) groups excluding carboxylic acids is 2. The van der Waals surface area contributed by atoms with E-state index < -0.39 is 20.7 Å². The molecule has 21 heavy (non-hydrogen) atoms. The SMILES string of the molecule is CC(=O)c1ccccc1OCCN1C(=O)C(C)(C)S1(=O)=O.